The molecule has 0 aromatic rings. The molecule has 0 aliphatic heterocycles. The summed E-state index contributed by atoms with van der Waals surface area (Å²) >= 11 is 0. The third-order valence-corrected chi connectivity index (χ3v) is 5.14. The average molecular weight is 315 g/mol. The lowest BCUT2D eigenvalue weighted by Gasteiger charge is -2.18. The molecule has 0 aliphatic carbocycles. The molecule has 0 saturated heterocycles. The number of rotatable bonds is 8. The largest absolute Gasteiger partial charge is 0.592 e. The molecular formula is C7H15F3O6PS+. The van der Waals surface area contributed by atoms with Crippen LogP contribution in [0.4, 0.5) is 13.2 Å². The fourth-order valence-electron chi connectivity index (χ4n) is 0.813. The summed E-state index contributed by atoms with van der Waals surface area (Å²) in [6.45, 7) is 3.95. The Morgan fingerprint density at radius 2 is 1.28 bits per heavy atom. The summed E-state index contributed by atoms with van der Waals surface area (Å²) in [6, 6.07) is 0. The standard InChI is InChI=1S/C7H15F3O6PS/c1-4-13-17(14-5-2,15-6-3)16-18(11,12)7(8,9)10/h4-6H2,1-3H3/q+1. The number of hydrogen-bond acceptors (Lipinski definition) is 6. The van der Waals surface area contributed by atoms with Crippen LogP contribution in [-0.2, 0) is 27.7 Å². The minimum atomic E-state index is -5.85. The summed E-state index contributed by atoms with van der Waals surface area (Å²) in [4.78, 5) is 0. The predicted molar refractivity (Wildman–Crippen MR) is 57.9 cm³/mol. The van der Waals surface area contributed by atoms with Gasteiger partial charge in [0.25, 0.3) is 0 Å². The van der Waals surface area contributed by atoms with E-state index in [1.807, 2.05) is 0 Å². The molecule has 0 radical (unpaired) electrons. The highest BCUT2D eigenvalue weighted by molar-refractivity contribution is 7.92. The van der Waals surface area contributed by atoms with Gasteiger partial charge in [0.1, 0.15) is 0 Å². The zero-order valence-corrected chi connectivity index (χ0v) is 11.8. The van der Waals surface area contributed by atoms with E-state index in [2.05, 4.69) is 3.97 Å². The highest BCUT2D eigenvalue weighted by atomic mass is 32.2. The van der Waals surface area contributed by atoms with Gasteiger partial charge in [-0.3, -0.25) is 0 Å². The van der Waals surface area contributed by atoms with Crippen LogP contribution in [0.1, 0.15) is 20.8 Å². The minimum absolute atomic E-state index is 0.124. The van der Waals surface area contributed by atoms with Crippen molar-refractivity contribution in [2.24, 2.45) is 0 Å². The van der Waals surface area contributed by atoms with Crippen molar-refractivity contribution < 1.29 is 39.1 Å². The van der Waals surface area contributed by atoms with Crippen molar-refractivity contribution in [3.05, 3.63) is 0 Å². The second-order valence-electron chi connectivity index (χ2n) is 2.67. The van der Waals surface area contributed by atoms with Gasteiger partial charge in [-0.2, -0.15) is 35.2 Å². The SMILES string of the molecule is CCO[P+](OCC)(OCC)OS(=O)(=O)C(F)(F)F. The Morgan fingerprint density at radius 1 is 0.944 bits per heavy atom. The first-order valence-corrected chi connectivity index (χ1v) is 7.86. The molecule has 110 valence electrons. The van der Waals surface area contributed by atoms with Crippen molar-refractivity contribution in [2.45, 2.75) is 26.3 Å². The van der Waals surface area contributed by atoms with Crippen LogP contribution in [0.2, 0.25) is 0 Å². The van der Waals surface area contributed by atoms with Crippen LogP contribution in [-0.4, -0.2) is 33.7 Å². The normalized spacial score (nSPS) is 13.9. The molecule has 0 bridgehead atoms. The first-order valence-electron chi connectivity index (χ1n) is 4.99. The average Bonchev–Trinajstić information content (AvgIpc) is 2.15. The zero-order valence-electron chi connectivity index (χ0n) is 10.1. The fraction of sp³-hybridized carbons (Fsp3) is 1.00. The van der Waals surface area contributed by atoms with Gasteiger partial charge in [0.05, 0.1) is 19.8 Å². The summed E-state index contributed by atoms with van der Waals surface area (Å²) in [5, 5.41) is 0. The van der Waals surface area contributed by atoms with Gasteiger partial charge >= 0.3 is 23.8 Å². The Hall–Kier alpha value is 0.0100. The van der Waals surface area contributed by atoms with Crippen LogP contribution < -0.4 is 0 Å². The summed E-state index contributed by atoms with van der Waals surface area (Å²) in [7, 11) is -9.87. The summed E-state index contributed by atoms with van der Waals surface area (Å²) in [5.74, 6) is 0. The van der Waals surface area contributed by atoms with Crippen molar-refractivity contribution in [1.29, 1.82) is 0 Å². The number of hydrogen-bond donors (Lipinski definition) is 0. The zero-order chi connectivity index (χ0) is 14.4. The Morgan fingerprint density at radius 3 is 1.50 bits per heavy atom. The topological polar surface area (TPSA) is 71.1 Å². The maximum atomic E-state index is 12.2. The van der Waals surface area contributed by atoms with Crippen molar-refractivity contribution in [3.8, 4) is 0 Å². The molecule has 11 heteroatoms. The molecule has 6 nitrogen and oxygen atoms in total. The second kappa shape index (κ2) is 6.97. The highest BCUT2D eigenvalue weighted by Crippen LogP contribution is 2.65. The van der Waals surface area contributed by atoms with Gasteiger partial charge in [0.2, 0.25) is 0 Å². The summed E-state index contributed by atoms with van der Waals surface area (Å²) in [6.07, 6.45) is 0. The van der Waals surface area contributed by atoms with Crippen LogP contribution >= 0.6 is 8.17 Å². The maximum absolute atomic E-state index is 12.2. The second-order valence-corrected chi connectivity index (χ2v) is 6.31. The van der Waals surface area contributed by atoms with Gasteiger partial charge in [-0.25, -0.2) is 0 Å². The molecule has 0 saturated carbocycles. The van der Waals surface area contributed by atoms with Gasteiger partial charge in [-0.1, -0.05) is 0 Å². The van der Waals surface area contributed by atoms with E-state index in [1.165, 1.54) is 20.8 Å². The maximum Gasteiger partial charge on any atom is 0.592 e. The molecule has 0 N–H and O–H groups in total. The smallest absolute Gasteiger partial charge is 0.186 e. The molecule has 0 aliphatic rings. The van der Waals surface area contributed by atoms with Crippen molar-refractivity contribution >= 4 is 18.3 Å². The van der Waals surface area contributed by atoms with E-state index < -0.39 is 23.8 Å². The van der Waals surface area contributed by atoms with E-state index in [-0.39, 0.29) is 19.8 Å². The first kappa shape index (κ1) is 18.0. The Kier molecular flexibility index (Phi) is 6.97. The summed E-state index contributed by atoms with van der Waals surface area (Å²) in [5.41, 5.74) is -5.57. The van der Waals surface area contributed by atoms with Gasteiger partial charge in [-0.15, -0.1) is 0 Å². The number of halogens is 3. The molecule has 0 aromatic heterocycles. The van der Waals surface area contributed by atoms with E-state index in [4.69, 9.17) is 13.6 Å². The molecule has 0 fully saturated rings. The van der Waals surface area contributed by atoms with Gasteiger partial charge in [-0.05, 0) is 24.7 Å². The van der Waals surface area contributed by atoms with Crippen LogP contribution in [0.25, 0.3) is 0 Å². The minimum Gasteiger partial charge on any atom is -0.186 e. The Labute approximate surface area is 104 Å². The Balaban J connectivity index is 5.20. The van der Waals surface area contributed by atoms with Crippen molar-refractivity contribution in [1.82, 2.24) is 0 Å². The highest BCUT2D eigenvalue weighted by Gasteiger charge is 2.61. The lowest BCUT2D eigenvalue weighted by atomic mass is 10.9. The fourth-order valence-corrected chi connectivity index (χ4v) is 3.80. The summed E-state index contributed by atoms with van der Waals surface area (Å²) < 4.78 is 77.0. The van der Waals surface area contributed by atoms with Crippen LogP contribution in [0, 0.1) is 0 Å². The van der Waals surface area contributed by atoms with Crippen LogP contribution in [0.3, 0.4) is 0 Å². The molecule has 18 heavy (non-hydrogen) atoms. The van der Waals surface area contributed by atoms with E-state index in [0.717, 1.165) is 0 Å². The van der Waals surface area contributed by atoms with E-state index in [0.29, 0.717) is 0 Å². The molecule has 0 atom stereocenters. The van der Waals surface area contributed by atoms with Crippen molar-refractivity contribution in [3.63, 3.8) is 0 Å². The van der Waals surface area contributed by atoms with Crippen LogP contribution in [0.5, 0.6) is 0 Å². The molecular weight excluding hydrogens is 300 g/mol. The monoisotopic (exact) mass is 315 g/mol. The lowest BCUT2D eigenvalue weighted by molar-refractivity contribution is -0.0527. The third kappa shape index (κ3) is 4.94. The molecule has 0 heterocycles. The van der Waals surface area contributed by atoms with E-state index in [1.54, 1.807) is 0 Å². The van der Waals surface area contributed by atoms with Crippen molar-refractivity contribution in [2.75, 3.05) is 19.8 Å². The van der Waals surface area contributed by atoms with Gasteiger partial charge < -0.3 is 0 Å². The third-order valence-electron chi connectivity index (χ3n) is 1.33. The van der Waals surface area contributed by atoms with Crippen LogP contribution in [0.15, 0.2) is 0 Å². The molecule has 0 spiro atoms. The Bertz CT molecular complexity index is 327. The van der Waals surface area contributed by atoms with E-state index >= 15 is 0 Å². The molecule has 0 unspecified atom stereocenters. The first-order chi connectivity index (χ1) is 8.14. The van der Waals surface area contributed by atoms with Gasteiger partial charge in [0, 0.05) is 0 Å². The van der Waals surface area contributed by atoms with E-state index in [9.17, 15) is 21.6 Å². The number of alkyl halides is 3. The quantitative estimate of drug-likeness (QED) is 0.506. The molecule has 0 rings (SSSR count). The molecule has 0 amide bonds. The lowest BCUT2D eigenvalue weighted by Crippen LogP contribution is -2.27. The molecule has 0 aromatic carbocycles. The van der Waals surface area contributed by atoms with Gasteiger partial charge in [0.15, 0.2) is 0 Å². The predicted octanol–water partition coefficient (Wildman–Crippen LogP) is 2.64.